The van der Waals surface area contributed by atoms with Gasteiger partial charge in [-0.15, -0.1) is 0 Å². The first-order valence-electron chi connectivity index (χ1n) is 7.86. The Morgan fingerprint density at radius 1 is 1.29 bits per heavy atom. The molecule has 0 aromatic heterocycles. The molecule has 2 rings (SSSR count). The summed E-state index contributed by atoms with van der Waals surface area (Å²) in [5.74, 6) is 1.48. The van der Waals surface area contributed by atoms with E-state index in [0.717, 1.165) is 37.4 Å². The van der Waals surface area contributed by atoms with E-state index in [0.29, 0.717) is 13.1 Å². The number of para-hydroxylation sites is 1. The van der Waals surface area contributed by atoms with Crippen molar-refractivity contribution in [3.63, 3.8) is 0 Å². The van der Waals surface area contributed by atoms with Crippen LogP contribution in [0, 0.1) is 5.92 Å². The van der Waals surface area contributed by atoms with Gasteiger partial charge in [0.15, 0.2) is 0 Å². The van der Waals surface area contributed by atoms with Crippen LogP contribution in [0.4, 0.5) is 0 Å². The van der Waals surface area contributed by atoms with Crippen molar-refractivity contribution < 1.29 is 14.9 Å². The first-order valence-corrected chi connectivity index (χ1v) is 7.86. The lowest BCUT2D eigenvalue weighted by molar-refractivity contribution is -0.00898. The molecule has 21 heavy (non-hydrogen) atoms. The van der Waals surface area contributed by atoms with Crippen molar-refractivity contribution in [3.05, 3.63) is 30.3 Å². The van der Waals surface area contributed by atoms with Gasteiger partial charge in [-0.25, -0.2) is 0 Å². The molecule has 118 valence electrons. The van der Waals surface area contributed by atoms with Gasteiger partial charge in [-0.1, -0.05) is 25.1 Å². The van der Waals surface area contributed by atoms with Gasteiger partial charge >= 0.3 is 0 Å². The smallest absolute Gasteiger partial charge is 0.119 e. The van der Waals surface area contributed by atoms with Gasteiger partial charge in [0.25, 0.3) is 0 Å². The van der Waals surface area contributed by atoms with Crippen LogP contribution in [0.15, 0.2) is 30.3 Å². The molecule has 4 nitrogen and oxygen atoms in total. The highest BCUT2D eigenvalue weighted by Crippen LogP contribution is 2.31. The van der Waals surface area contributed by atoms with E-state index in [1.807, 2.05) is 30.3 Å². The third kappa shape index (κ3) is 5.65. The fourth-order valence-electron chi connectivity index (χ4n) is 2.72. The largest absolute Gasteiger partial charge is 0.491 e. The van der Waals surface area contributed by atoms with Crippen LogP contribution in [0.1, 0.15) is 32.6 Å². The fraction of sp³-hybridized carbons (Fsp3) is 0.647. The summed E-state index contributed by atoms with van der Waals surface area (Å²) < 4.78 is 5.50. The van der Waals surface area contributed by atoms with E-state index in [2.05, 4.69) is 12.2 Å². The number of ether oxygens (including phenoxy) is 1. The van der Waals surface area contributed by atoms with Gasteiger partial charge in [-0.3, -0.25) is 0 Å². The van der Waals surface area contributed by atoms with Gasteiger partial charge in [0.2, 0.25) is 0 Å². The Morgan fingerprint density at radius 3 is 2.62 bits per heavy atom. The molecule has 1 aromatic rings. The summed E-state index contributed by atoms with van der Waals surface area (Å²) >= 11 is 0. The molecule has 1 aromatic carbocycles. The third-order valence-corrected chi connectivity index (χ3v) is 4.22. The van der Waals surface area contributed by atoms with Crippen LogP contribution >= 0.6 is 0 Å². The van der Waals surface area contributed by atoms with Crippen molar-refractivity contribution in [1.29, 1.82) is 0 Å². The molecule has 0 aliphatic heterocycles. The number of benzene rings is 1. The summed E-state index contributed by atoms with van der Waals surface area (Å²) in [5, 5.41) is 23.5. The molecule has 0 saturated heterocycles. The quantitative estimate of drug-likeness (QED) is 0.719. The minimum Gasteiger partial charge on any atom is -0.491 e. The summed E-state index contributed by atoms with van der Waals surface area (Å²) in [4.78, 5) is 0. The summed E-state index contributed by atoms with van der Waals surface area (Å²) in [7, 11) is 0. The zero-order valence-electron chi connectivity index (χ0n) is 12.8. The Labute approximate surface area is 127 Å². The molecule has 0 bridgehead atoms. The van der Waals surface area contributed by atoms with Gasteiger partial charge in [-0.2, -0.15) is 0 Å². The standard InChI is InChI=1S/C17H27NO3/c1-14-7-9-17(20,10-8-14)13-18-11-15(19)12-21-16-5-3-2-4-6-16/h2-6,14-15,18-20H,7-13H2,1H3. The molecule has 0 spiro atoms. The molecule has 0 amide bonds. The average Bonchev–Trinajstić information content (AvgIpc) is 2.50. The van der Waals surface area contributed by atoms with Crippen LogP contribution < -0.4 is 10.1 Å². The van der Waals surface area contributed by atoms with E-state index in [9.17, 15) is 10.2 Å². The second-order valence-electron chi connectivity index (χ2n) is 6.32. The van der Waals surface area contributed by atoms with E-state index >= 15 is 0 Å². The molecule has 0 heterocycles. The van der Waals surface area contributed by atoms with E-state index in [4.69, 9.17) is 4.74 Å². The Morgan fingerprint density at radius 2 is 1.95 bits per heavy atom. The van der Waals surface area contributed by atoms with Gasteiger partial charge in [0, 0.05) is 13.1 Å². The van der Waals surface area contributed by atoms with Crippen molar-refractivity contribution in [2.45, 2.75) is 44.3 Å². The van der Waals surface area contributed by atoms with Crippen LogP contribution in [-0.4, -0.2) is 41.6 Å². The summed E-state index contributed by atoms with van der Waals surface area (Å²) in [6, 6.07) is 9.47. The zero-order chi connectivity index (χ0) is 15.1. The molecule has 0 radical (unpaired) electrons. The molecular weight excluding hydrogens is 266 g/mol. The monoisotopic (exact) mass is 293 g/mol. The van der Waals surface area contributed by atoms with E-state index in [-0.39, 0.29) is 6.61 Å². The van der Waals surface area contributed by atoms with Crippen LogP contribution in [0.25, 0.3) is 0 Å². The van der Waals surface area contributed by atoms with Crippen molar-refractivity contribution >= 4 is 0 Å². The number of aliphatic hydroxyl groups is 2. The lowest BCUT2D eigenvalue weighted by atomic mass is 9.79. The minimum absolute atomic E-state index is 0.256. The highest BCUT2D eigenvalue weighted by Gasteiger charge is 2.31. The summed E-state index contributed by atoms with van der Waals surface area (Å²) in [5.41, 5.74) is -0.605. The van der Waals surface area contributed by atoms with Crippen molar-refractivity contribution in [2.24, 2.45) is 5.92 Å². The maximum atomic E-state index is 10.4. The molecule has 1 aliphatic rings. The second-order valence-corrected chi connectivity index (χ2v) is 6.32. The Bertz CT molecular complexity index is 402. The Hall–Kier alpha value is -1.10. The number of hydrogen-bond acceptors (Lipinski definition) is 4. The molecular formula is C17H27NO3. The van der Waals surface area contributed by atoms with Crippen LogP contribution in [-0.2, 0) is 0 Å². The topological polar surface area (TPSA) is 61.7 Å². The summed E-state index contributed by atoms with van der Waals surface area (Å²) in [6.07, 6.45) is 3.28. The maximum Gasteiger partial charge on any atom is 0.119 e. The molecule has 1 saturated carbocycles. The molecule has 1 atom stereocenters. The molecule has 4 heteroatoms. The predicted octanol–water partition coefficient (Wildman–Crippen LogP) is 1.96. The normalized spacial score (nSPS) is 27.3. The van der Waals surface area contributed by atoms with Crippen LogP contribution in [0.2, 0.25) is 0 Å². The van der Waals surface area contributed by atoms with Crippen LogP contribution in [0.3, 0.4) is 0 Å². The number of rotatable bonds is 7. The minimum atomic E-state index is -0.605. The zero-order valence-corrected chi connectivity index (χ0v) is 12.8. The predicted molar refractivity (Wildman–Crippen MR) is 83.4 cm³/mol. The average molecular weight is 293 g/mol. The SMILES string of the molecule is CC1CCC(O)(CNCC(O)COc2ccccc2)CC1. The fourth-order valence-corrected chi connectivity index (χ4v) is 2.72. The van der Waals surface area contributed by atoms with E-state index in [1.54, 1.807) is 0 Å². The lowest BCUT2D eigenvalue weighted by Crippen LogP contribution is -2.45. The number of hydrogen-bond donors (Lipinski definition) is 3. The lowest BCUT2D eigenvalue weighted by Gasteiger charge is -2.35. The van der Waals surface area contributed by atoms with Crippen molar-refractivity contribution in [3.8, 4) is 5.75 Å². The van der Waals surface area contributed by atoms with Crippen LogP contribution in [0.5, 0.6) is 5.75 Å². The molecule has 1 aliphatic carbocycles. The van der Waals surface area contributed by atoms with Gasteiger partial charge in [-0.05, 0) is 43.7 Å². The molecule has 1 fully saturated rings. The van der Waals surface area contributed by atoms with Crippen molar-refractivity contribution in [1.82, 2.24) is 5.32 Å². The van der Waals surface area contributed by atoms with E-state index in [1.165, 1.54) is 0 Å². The first-order chi connectivity index (χ1) is 10.1. The molecule has 1 unspecified atom stereocenters. The highest BCUT2D eigenvalue weighted by molar-refractivity contribution is 5.20. The first kappa shape index (κ1) is 16.3. The van der Waals surface area contributed by atoms with Gasteiger partial charge in [0.1, 0.15) is 18.5 Å². The highest BCUT2D eigenvalue weighted by atomic mass is 16.5. The molecule has 3 N–H and O–H groups in total. The van der Waals surface area contributed by atoms with Gasteiger partial charge in [0.05, 0.1) is 5.60 Å². The Balaban J connectivity index is 1.62. The van der Waals surface area contributed by atoms with Gasteiger partial charge < -0.3 is 20.3 Å². The summed E-state index contributed by atoms with van der Waals surface area (Å²) in [6.45, 7) is 3.47. The van der Waals surface area contributed by atoms with Crippen molar-refractivity contribution in [2.75, 3.05) is 19.7 Å². The Kier molecular flexibility index (Phi) is 6.03. The number of nitrogens with one attached hydrogen (secondary N) is 1. The maximum absolute atomic E-state index is 10.4. The second kappa shape index (κ2) is 7.78. The third-order valence-electron chi connectivity index (χ3n) is 4.22. The van der Waals surface area contributed by atoms with E-state index < -0.39 is 11.7 Å². The number of aliphatic hydroxyl groups excluding tert-OH is 1.